The lowest BCUT2D eigenvalue weighted by Crippen LogP contribution is -2.13. The van der Waals surface area contributed by atoms with Gasteiger partial charge in [0.05, 0.1) is 11.3 Å². The van der Waals surface area contributed by atoms with Gasteiger partial charge in [0.15, 0.2) is 11.5 Å². The number of primary amides is 1. The molecular formula is C17H17N3O3S. The van der Waals surface area contributed by atoms with Gasteiger partial charge in [0, 0.05) is 5.69 Å². The highest BCUT2D eigenvalue weighted by molar-refractivity contribution is 8.00. The number of rotatable bonds is 3. The molecule has 1 aliphatic rings. The Labute approximate surface area is 144 Å². The molecule has 124 valence electrons. The molecule has 2 N–H and O–H groups in total. The summed E-state index contributed by atoms with van der Waals surface area (Å²) in [5.41, 5.74) is 7.26. The standard InChI is InChI=1S/C10H11N3OS.C7H6O2/c1-6-3-7(2)13-10(8(6)4-11)15-5-9(12)14;1-2-4-7-6(3-1)8-5-9-7/h3H,5H2,1-2H3,(H2,12,14);1-4H,5H2. The van der Waals surface area contributed by atoms with Crippen LogP contribution in [-0.2, 0) is 4.79 Å². The lowest BCUT2D eigenvalue weighted by atomic mass is 10.1. The van der Waals surface area contributed by atoms with Gasteiger partial charge in [-0.1, -0.05) is 23.9 Å². The maximum Gasteiger partial charge on any atom is 0.231 e. The molecule has 0 saturated heterocycles. The van der Waals surface area contributed by atoms with Crippen LogP contribution in [-0.4, -0.2) is 23.4 Å². The van der Waals surface area contributed by atoms with Gasteiger partial charge in [-0.2, -0.15) is 5.26 Å². The van der Waals surface area contributed by atoms with Crippen molar-refractivity contribution < 1.29 is 14.3 Å². The number of para-hydroxylation sites is 2. The Morgan fingerprint density at radius 2 is 1.96 bits per heavy atom. The van der Waals surface area contributed by atoms with Crippen LogP contribution in [0.4, 0.5) is 0 Å². The molecule has 0 atom stereocenters. The van der Waals surface area contributed by atoms with Gasteiger partial charge in [0.2, 0.25) is 12.7 Å². The number of nitrogens with two attached hydrogens (primary N) is 1. The second kappa shape index (κ2) is 8.22. The maximum absolute atomic E-state index is 10.6. The fraction of sp³-hybridized carbons (Fsp3) is 0.235. The smallest absolute Gasteiger partial charge is 0.231 e. The van der Waals surface area contributed by atoms with Crippen LogP contribution in [0.1, 0.15) is 16.8 Å². The van der Waals surface area contributed by atoms with E-state index >= 15 is 0 Å². The second-order valence-corrected chi connectivity index (χ2v) is 5.94. The average molecular weight is 343 g/mol. The lowest BCUT2D eigenvalue weighted by molar-refractivity contribution is -0.115. The summed E-state index contributed by atoms with van der Waals surface area (Å²) in [5.74, 6) is 1.42. The lowest BCUT2D eigenvalue weighted by Gasteiger charge is -2.05. The van der Waals surface area contributed by atoms with Crippen LogP contribution < -0.4 is 15.2 Å². The summed E-state index contributed by atoms with van der Waals surface area (Å²) in [7, 11) is 0. The van der Waals surface area contributed by atoms with Crippen molar-refractivity contribution in [3.8, 4) is 17.6 Å². The highest BCUT2D eigenvalue weighted by Crippen LogP contribution is 2.30. The molecule has 0 radical (unpaired) electrons. The average Bonchev–Trinajstić information content (AvgIpc) is 3.01. The van der Waals surface area contributed by atoms with Crippen molar-refractivity contribution in [1.82, 2.24) is 4.98 Å². The van der Waals surface area contributed by atoms with Gasteiger partial charge >= 0.3 is 0 Å². The van der Waals surface area contributed by atoms with Crippen molar-refractivity contribution in [3.05, 3.63) is 47.2 Å². The van der Waals surface area contributed by atoms with Gasteiger partial charge in [0.1, 0.15) is 11.1 Å². The second-order valence-electron chi connectivity index (χ2n) is 4.98. The number of aromatic nitrogens is 1. The minimum atomic E-state index is -0.412. The summed E-state index contributed by atoms with van der Waals surface area (Å²) in [5, 5.41) is 9.51. The fourth-order valence-corrected chi connectivity index (χ4v) is 2.87. The summed E-state index contributed by atoms with van der Waals surface area (Å²) in [6, 6.07) is 11.6. The first-order valence-corrected chi connectivity index (χ1v) is 8.14. The zero-order valence-corrected chi connectivity index (χ0v) is 14.2. The van der Waals surface area contributed by atoms with Crippen molar-refractivity contribution in [2.45, 2.75) is 18.9 Å². The number of benzene rings is 1. The Morgan fingerprint density at radius 1 is 1.33 bits per heavy atom. The van der Waals surface area contributed by atoms with Crippen LogP contribution in [0, 0.1) is 25.2 Å². The first-order valence-electron chi connectivity index (χ1n) is 7.15. The van der Waals surface area contributed by atoms with Crippen molar-refractivity contribution in [3.63, 3.8) is 0 Å². The molecule has 0 bridgehead atoms. The molecular weight excluding hydrogens is 326 g/mol. The molecule has 6 nitrogen and oxygen atoms in total. The van der Waals surface area contributed by atoms with E-state index in [2.05, 4.69) is 11.1 Å². The van der Waals surface area contributed by atoms with E-state index in [9.17, 15) is 4.79 Å². The van der Waals surface area contributed by atoms with E-state index < -0.39 is 5.91 Å². The first-order chi connectivity index (χ1) is 11.5. The zero-order valence-electron chi connectivity index (χ0n) is 13.4. The van der Waals surface area contributed by atoms with Crippen molar-refractivity contribution in [2.24, 2.45) is 5.73 Å². The molecule has 24 heavy (non-hydrogen) atoms. The van der Waals surface area contributed by atoms with Crippen molar-refractivity contribution >= 4 is 17.7 Å². The number of hydrogen-bond donors (Lipinski definition) is 1. The summed E-state index contributed by atoms with van der Waals surface area (Å²) in [6.07, 6.45) is 0. The van der Waals surface area contributed by atoms with Gasteiger partial charge in [-0.05, 0) is 37.6 Å². The topological polar surface area (TPSA) is 98.2 Å². The van der Waals surface area contributed by atoms with Crippen LogP contribution in [0.25, 0.3) is 0 Å². The van der Waals surface area contributed by atoms with E-state index in [1.807, 2.05) is 44.2 Å². The summed E-state index contributed by atoms with van der Waals surface area (Å²) in [4.78, 5) is 14.8. The van der Waals surface area contributed by atoms with Gasteiger partial charge in [-0.25, -0.2) is 4.98 Å². The molecule has 0 saturated carbocycles. The van der Waals surface area contributed by atoms with E-state index in [4.69, 9.17) is 20.5 Å². The number of thioether (sulfide) groups is 1. The third-order valence-corrected chi connectivity index (χ3v) is 4.05. The first kappa shape index (κ1) is 17.6. The molecule has 0 spiro atoms. The number of ether oxygens (including phenoxy) is 2. The molecule has 2 aromatic rings. The van der Waals surface area contributed by atoms with Crippen molar-refractivity contribution in [2.75, 3.05) is 12.5 Å². The zero-order chi connectivity index (χ0) is 17.5. The number of fused-ring (bicyclic) bond motifs is 1. The predicted molar refractivity (Wildman–Crippen MR) is 90.9 cm³/mol. The number of carbonyl (C=O) groups excluding carboxylic acids is 1. The van der Waals surface area contributed by atoms with Crippen LogP contribution in [0.15, 0.2) is 35.4 Å². The SMILES string of the molecule is Cc1cc(C)c(C#N)c(SCC(N)=O)n1.c1ccc2c(c1)OCO2. The van der Waals surface area contributed by atoms with Gasteiger partial charge in [0.25, 0.3) is 0 Å². The third kappa shape index (κ3) is 4.64. The Balaban J connectivity index is 0.000000194. The van der Waals surface area contributed by atoms with E-state index in [0.29, 0.717) is 17.4 Å². The molecule has 7 heteroatoms. The molecule has 3 rings (SSSR count). The molecule has 1 aromatic heterocycles. The largest absolute Gasteiger partial charge is 0.454 e. The summed E-state index contributed by atoms with van der Waals surface area (Å²) >= 11 is 1.20. The monoisotopic (exact) mass is 343 g/mol. The van der Waals surface area contributed by atoms with Gasteiger partial charge in [-0.3, -0.25) is 4.79 Å². The van der Waals surface area contributed by atoms with Crippen LogP contribution in [0.3, 0.4) is 0 Å². The Kier molecular flexibility index (Phi) is 6.04. The number of amides is 1. The Bertz CT molecular complexity index is 764. The van der Waals surface area contributed by atoms with Gasteiger partial charge in [-0.15, -0.1) is 0 Å². The van der Waals surface area contributed by atoms with E-state index in [0.717, 1.165) is 22.8 Å². The van der Waals surface area contributed by atoms with Crippen LogP contribution in [0.5, 0.6) is 11.5 Å². The normalized spacial score (nSPS) is 11.2. The minimum Gasteiger partial charge on any atom is -0.454 e. The Morgan fingerprint density at radius 3 is 2.50 bits per heavy atom. The minimum absolute atomic E-state index is 0.143. The van der Waals surface area contributed by atoms with E-state index in [1.54, 1.807) is 0 Å². The molecule has 1 aliphatic heterocycles. The summed E-state index contributed by atoms with van der Waals surface area (Å²) in [6.45, 7) is 4.06. The molecule has 1 aromatic carbocycles. The van der Waals surface area contributed by atoms with Crippen LogP contribution in [0.2, 0.25) is 0 Å². The Hall–Kier alpha value is -2.72. The third-order valence-electron chi connectivity index (χ3n) is 3.05. The van der Waals surface area contributed by atoms with Gasteiger partial charge < -0.3 is 15.2 Å². The highest BCUT2D eigenvalue weighted by Gasteiger charge is 2.10. The molecule has 0 unspecified atom stereocenters. The highest BCUT2D eigenvalue weighted by atomic mass is 32.2. The molecule has 2 heterocycles. The number of pyridine rings is 1. The summed E-state index contributed by atoms with van der Waals surface area (Å²) < 4.78 is 10.2. The van der Waals surface area contributed by atoms with E-state index in [1.165, 1.54) is 11.8 Å². The quantitative estimate of drug-likeness (QED) is 0.860. The molecule has 0 fully saturated rings. The number of carbonyl (C=O) groups is 1. The number of nitriles is 1. The van der Waals surface area contributed by atoms with Crippen LogP contribution >= 0.6 is 11.8 Å². The van der Waals surface area contributed by atoms with Crippen molar-refractivity contribution in [1.29, 1.82) is 5.26 Å². The fourth-order valence-electron chi connectivity index (χ4n) is 2.03. The molecule has 1 amide bonds. The number of nitrogens with zero attached hydrogens (tertiary/aromatic N) is 2. The van der Waals surface area contributed by atoms with E-state index in [-0.39, 0.29) is 5.75 Å². The number of hydrogen-bond acceptors (Lipinski definition) is 6. The number of aryl methyl sites for hydroxylation is 2. The predicted octanol–water partition coefficient (Wildman–Crippen LogP) is 2.56. The molecule has 0 aliphatic carbocycles. The maximum atomic E-state index is 10.6.